The Bertz CT molecular complexity index is 1310. The van der Waals surface area contributed by atoms with Crippen molar-refractivity contribution in [2.24, 2.45) is 10.9 Å². The molecule has 1 saturated heterocycles. The van der Waals surface area contributed by atoms with E-state index in [0.717, 1.165) is 11.1 Å². The Hall–Kier alpha value is -3.75. The van der Waals surface area contributed by atoms with Crippen LogP contribution in [0.2, 0.25) is 0 Å². The molecule has 0 spiro atoms. The van der Waals surface area contributed by atoms with E-state index in [1.807, 2.05) is 6.07 Å². The van der Waals surface area contributed by atoms with Crippen LogP contribution in [0.3, 0.4) is 0 Å². The Morgan fingerprint density at radius 1 is 1.03 bits per heavy atom. The van der Waals surface area contributed by atoms with Crippen molar-refractivity contribution < 1.29 is 22.4 Å². The van der Waals surface area contributed by atoms with Crippen molar-refractivity contribution in [3.8, 4) is 0 Å². The maximum atomic E-state index is 13.1. The van der Waals surface area contributed by atoms with Gasteiger partial charge < -0.3 is 10.2 Å². The first-order valence-corrected chi connectivity index (χ1v) is 10.9. The standard InChI is InChI=1S/C25H20F4N4O/c26-17-2-4-18(5-3-17)32-24(34)15-8-11-33(12-9-15)22-7-10-30-21-6-1-16(13-19(21)22)20-14-31-23(20)25(27,28)29/h1-7,10,13-15H,8-9,11-12H2,(H,32,34). The number of aromatic nitrogens is 1. The number of rotatable bonds is 4. The molecule has 5 rings (SSSR count). The number of pyridine rings is 1. The van der Waals surface area contributed by atoms with Gasteiger partial charge in [0, 0.05) is 53.7 Å². The van der Waals surface area contributed by atoms with Gasteiger partial charge in [-0.3, -0.25) is 14.8 Å². The normalized spacial score (nSPS) is 16.6. The summed E-state index contributed by atoms with van der Waals surface area (Å²) in [5.74, 6) is -0.658. The molecule has 0 bridgehead atoms. The number of halogens is 4. The molecule has 1 N–H and O–H groups in total. The maximum Gasteiger partial charge on any atom is 0.434 e. The summed E-state index contributed by atoms with van der Waals surface area (Å²) in [4.78, 5) is 22.5. The lowest BCUT2D eigenvalue weighted by Gasteiger charge is -2.33. The minimum atomic E-state index is -4.49. The van der Waals surface area contributed by atoms with Crippen LogP contribution in [0.15, 0.2) is 65.9 Å². The summed E-state index contributed by atoms with van der Waals surface area (Å²) in [5.41, 5.74) is 1.74. The molecule has 0 saturated carbocycles. The molecule has 0 aliphatic carbocycles. The smallest absolute Gasteiger partial charge is 0.371 e. The van der Waals surface area contributed by atoms with Crippen LogP contribution < -0.4 is 10.2 Å². The van der Waals surface area contributed by atoms with Crippen molar-refractivity contribution >= 4 is 39.5 Å². The fourth-order valence-corrected chi connectivity index (χ4v) is 4.37. The van der Waals surface area contributed by atoms with Gasteiger partial charge in [0.15, 0.2) is 5.71 Å². The Labute approximate surface area is 192 Å². The second-order valence-electron chi connectivity index (χ2n) is 8.34. The molecule has 3 heterocycles. The van der Waals surface area contributed by atoms with E-state index in [4.69, 9.17) is 0 Å². The van der Waals surface area contributed by atoms with Gasteiger partial charge in [0.2, 0.25) is 5.91 Å². The van der Waals surface area contributed by atoms with Crippen molar-refractivity contribution in [1.29, 1.82) is 0 Å². The van der Waals surface area contributed by atoms with Crippen LogP contribution in [0.4, 0.5) is 28.9 Å². The molecule has 0 atom stereocenters. The summed E-state index contributed by atoms with van der Waals surface area (Å²) < 4.78 is 52.5. The fraction of sp³-hybridized carbons (Fsp3) is 0.240. The number of anilines is 2. The number of carbonyl (C=O) groups excluding carboxylic acids is 1. The summed E-state index contributed by atoms with van der Waals surface area (Å²) in [6.07, 6.45) is -0.354. The molecule has 1 amide bonds. The van der Waals surface area contributed by atoms with Crippen LogP contribution in [0.1, 0.15) is 18.4 Å². The molecule has 2 aliphatic rings. The Morgan fingerprint density at radius 3 is 2.41 bits per heavy atom. The number of allylic oxidation sites excluding steroid dienone is 1. The highest BCUT2D eigenvalue weighted by atomic mass is 19.4. The zero-order valence-electron chi connectivity index (χ0n) is 17.9. The highest BCUT2D eigenvalue weighted by Gasteiger charge is 2.41. The molecule has 2 aliphatic heterocycles. The van der Waals surface area contributed by atoms with Crippen molar-refractivity contribution in [3.05, 3.63) is 72.3 Å². The van der Waals surface area contributed by atoms with Crippen LogP contribution in [0, 0.1) is 11.7 Å². The van der Waals surface area contributed by atoms with Gasteiger partial charge in [-0.15, -0.1) is 0 Å². The summed E-state index contributed by atoms with van der Waals surface area (Å²) in [5, 5.41) is 3.58. The van der Waals surface area contributed by atoms with E-state index in [-0.39, 0.29) is 23.2 Å². The third kappa shape index (κ3) is 4.25. The minimum absolute atomic E-state index is 0.0698. The van der Waals surface area contributed by atoms with Crippen LogP contribution in [-0.2, 0) is 4.79 Å². The van der Waals surface area contributed by atoms with Crippen LogP contribution in [-0.4, -0.2) is 35.9 Å². The molecule has 9 heteroatoms. The monoisotopic (exact) mass is 468 g/mol. The molecular weight excluding hydrogens is 448 g/mol. The number of alkyl halides is 3. The lowest BCUT2D eigenvalue weighted by atomic mass is 9.94. The second kappa shape index (κ2) is 8.55. The molecule has 174 valence electrons. The minimum Gasteiger partial charge on any atom is -0.371 e. The first-order chi connectivity index (χ1) is 16.3. The number of amides is 1. The topological polar surface area (TPSA) is 57.6 Å². The fourth-order valence-electron chi connectivity index (χ4n) is 4.37. The molecule has 3 aromatic rings. The lowest BCUT2D eigenvalue weighted by molar-refractivity contribution is -0.120. The molecule has 2 aromatic carbocycles. The van der Waals surface area contributed by atoms with Gasteiger partial charge in [-0.2, -0.15) is 13.2 Å². The number of carbonyl (C=O) groups is 1. The van der Waals surface area contributed by atoms with E-state index in [1.54, 1.807) is 24.4 Å². The predicted octanol–water partition coefficient (Wildman–Crippen LogP) is 5.59. The van der Waals surface area contributed by atoms with Gasteiger partial charge in [0.1, 0.15) is 5.82 Å². The number of benzene rings is 2. The van der Waals surface area contributed by atoms with Crippen LogP contribution in [0.5, 0.6) is 0 Å². The number of nitrogens with one attached hydrogen (secondary N) is 1. The zero-order chi connectivity index (χ0) is 23.9. The summed E-state index contributed by atoms with van der Waals surface area (Å²) in [6.45, 7) is 1.23. The van der Waals surface area contributed by atoms with Gasteiger partial charge in [0.25, 0.3) is 0 Å². The summed E-state index contributed by atoms with van der Waals surface area (Å²) >= 11 is 0. The number of fused-ring (bicyclic) bond motifs is 1. The number of aliphatic imine (C=N–C) groups is 1. The van der Waals surface area contributed by atoms with Crippen LogP contribution >= 0.6 is 0 Å². The van der Waals surface area contributed by atoms with Gasteiger partial charge in [-0.05, 0) is 60.9 Å². The highest BCUT2D eigenvalue weighted by molar-refractivity contribution is 6.30. The zero-order valence-corrected chi connectivity index (χ0v) is 17.9. The van der Waals surface area contributed by atoms with Crippen LogP contribution in [0.25, 0.3) is 16.5 Å². The Kier molecular flexibility index (Phi) is 5.55. The Morgan fingerprint density at radius 2 is 1.76 bits per heavy atom. The maximum absolute atomic E-state index is 13.1. The lowest BCUT2D eigenvalue weighted by Crippen LogP contribution is -2.38. The summed E-state index contributed by atoms with van der Waals surface area (Å²) in [7, 11) is 0. The molecule has 34 heavy (non-hydrogen) atoms. The molecule has 0 unspecified atom stereocenters. The number of hydrogen-bond donors (Lipinski definition) is 1. The van der Waals surface area contributed by atoms with Gasteiger partial charge in [-0.25, -0.2) is 4.39 Å². The third-order valence-electron chi connectivity index (χ3n) is 6.19. The predicted molar refractivity (Wildman–Crippen MR) is 123 cm³/mol. The average Bonchev–Trinajstić information content (AvgIpc) is 2.78. The van der Waals surface area contributed by atoms with Gasteiger partial charge in [-0.1, -0.05) is 6.07 Å². The van der Waals surface area contributed by atoms with E-state index in [1.165, 1.54) is 30.5 Å². The quantitative estimate of drug-likeness (QED) is 0.508. The van der Waals surface area contributed by atoms with Gasteiger partial charge in [0.05, 0.1) is 5.52 Å². The third-order valence-corrected chi connectivity index (χ3v) is 6.19. The average molecular weight is 468 g/mol. The van der Waals surface area contributed by atoms with Gasteiger partial charge >= 0.3 is 6.18 Å². The van der Waals surface area contributed by atoms with E-state index >= 15 is 0 Å². The molecule has 1 fully saturated rings. The highest BCUT2D eigenvalue weighted by Crippen LogP contribution is 2.36. The molecular formula is C25H20F4N4O. The first kappa shape index (κ1) is 22.1. The molecule has 1 aromatic heterocycles. The largest absolute Gasteiger partial charge is 0.434 e. The Balaban J connectivity index is 1.31. The second-order valence-corrected chi connectivity index (χ2v) is 8.34. The number of nitrogens with zero attached hydrogens (tertiary/aromatic N) is 3. The van der Waals surface area contributed by atoms with Crippen molar-refractivity contribution in [1.82, 2.24) is 4.98 Å². The van der Waals surface area contributed by atoms with E-state index < -0.39 is 11.9 Å². The molecule has 5 nitrogen and oxygen atoms in total. The summed E-state index contributed by atoms with van der Waals surface area (Å²) in [6, 6.07) is 12.5. The number of piperidine rings is 1. The van der Waals surface area contributed by atoms with Crippen molar-refractivity contribution in [2.45, 2.75) is 19.0 Å². The van der Waals surface area contributed by atoms with Crippen molar-refractivity contribution in [2.75, 3.05) is 23.3 Å². The number of hydrogen-bond acceptors (Lipinski definition) is 4. The van der Waals surface area contributed by atoms with E-state index in [0.29, 0.717) is 42.7 Å². The van der Waals surface area contributed by atoms with E-state index in [2.05, 4.69) is 20.2 Å². The molecule has 0 radical (unpaired) electrons. The van der Waals surface area contributed by atoms with Crippen molar-refractivity contribution in [3.63, 3.8) is 0 Å². The SMILES string of the molecule is O=C(Nc1ccc(F)cc1)C1CCN(c2ccnc3ccc(C4=CN=C4C(F)(F)F)cc23)CC1. The van der Waals surface area contributed by atoms with E-state index in [9.17, 15) is 22.4 Å². The first-order valence-electron chi connectivity index (χ1n) is 10.9.